The molecular weight excluding hydrogens is 396 g/mol. The van der Waals surface area contributed by atoms with Crippen molar-refractivity contribution in [2.45, 2.75) is 33.4 Å². The van der Waals surface area contributed by atoms with E-state index in [1.165, 1.54) is 16.9 Å². The highest BCUT2D eigenvalue weighted by Gasteiger charge is 2.19. The van der Waals surface area contributed by atoms with Gasteiger partial charge < -0.3 is 15.2 Å². The van der Waals surface area contributed by atoms with E-state index in [1.807, 2.05) is 43.3 Å². The minimum atomic E-state index is -0.111. The Bertz CT molecular complexity index is 1150. The fourth-order valence-corrected chi connectivity index (χ4v) is 3.75. The van der Waals surface area contributed by atoms with E-state index in [2.05, 4.69) is 46.8 Å². The SMILES string of the molecule is CC(C)C(C)NC(=O)c1cnc(-c2noc3cc(NCc4ccccc4)ccc23)s1. The third kappa shape index (κ3) is 4.36. The normalized spacial score (nSPS) is 12.3. The van der Waals surface area contributed by atoms with E-state index >= 15 is 0 Å². The molecular formula is C23H24N4O2S. The first-order valence-corrected chi connectivity index (χ1v) is 10.8. The molecule has 4 rings (SSSR count). The highest BCUT2D eigenvalue weighted by atomic mass is 32.1. The van der Waals surface area contributed by atoms with E-state index in [-0.39, 0.29) is 11.9 Å². The van der Waals surface area contributed by atoms with E-state index in [0.717, 1.165) is 17.6 Å². The zero-order valence-corrected chi connectivity index (χ0v) is 18.0. The van der Waals surface area contributed by atoms with Gasteiger partial charge in [0.25, 0.3) is 5.91 Å². The first kappa shape index (κ1) is 20.1. The fraction of sp³-hybridized carbons (Fsp3) is 0.261. The molecule has 0 aliphatic carbocycles. The van der Waals surface area contributed by atoms with Crippen LogP contribution in [0.2, 0.25) is 0 Å². The molecule has 7 heteroatoms. The summed E-state index contributed by atoms with van der Waals surface area (Å²) in [5.41, 5.74) is 3.49. The van der Waals surface area contributed by atoms with E-state index in [1.54, 1.807) is 6.20 Å². The monoisotopic (exact) mass is 420 g/mol. The lowest BCUT2D eigenvalue weighted by molar-refractivity contribution is 0.0934. The van der Waals surface area contributed by atoms with Crippen molar-refractivity contribution >= 4 is 33.9 Å². The second-order valence-corrected chi connectivity index (χ2v) is 8.65. The topological polar surface area (TPSA) is 80.1 Å². The third-order valence-electron chi connectivity index (χ3n) is 5.10. The predicted octanol–water partition coefficient (Wildman–Crippen LogP) is 5.34. The first-order chi connectivity index (χ1) is 14.5. The van der Waals surface area contributed by atoms with Gasteiger partial charge >= 0.3 is 0 Å². The lowest BCUT2D eigenvalue weighted by Gasteiger charge is -2.16. The summed E-state index contributed by atoms with van der Waals surface area (Å²) in [6.07, 6.45) is 1.60. The molecule has 0 aliphatic heterocycles. The largest absolute Gasteiger partial charge is 0.381 e. The van der Waals surface area contributed by atoms with E-state index < -0.39 is 0 Å². The number of carbonyl (C=O) groups is 1. The lowest BCUT2D eigenvalue weighted by atomic mass is 10.1. The summed E-state index contributed by atoms with van der Waals surface area (Å²) in [6.45, 7) is 6.88. The summed E-state index contributed by atoms with van der Waals surface area (Å²) in [7, 11) is 0. The van der Waals surface area contributed by atoms with Crippen LogP contribution in [0.25, 0.3) is 21.7 Å². The molecule has 6 nitrogen and oxygen atoms in total. The predicted molar refractivity (Wildman–Crippen MR) is 121 cm³/mol. The van der Waals surface area contributed by atoms with Crippen molar-refractivity contribution in [3.8, 4) is 10.7 Å². The molecule has 154 valence electrons. The van der Waals surface area contributed by atoms with Crippen LogP contribution >= 0.6 is 11.3 Å². The molecule has 1 atom stereocenters. The molecule has 0 fully saturated rings. The number of nitrogens with zero attached hydrogens (tertiary/aromatic N) is 2. The first-order valence-electron chi connectivity index (χ1n) is 9.95. The van der Waals surface area contributed by atoms with Crippen molar-refractivity contribution in [3.63, 3.8) is 0 Å². The Balaban J connectivity index is 1.50. The van der Waals surface area contributed by atoms with Crippen LogP contribution in [-0.2, 0) is 6.54 Å². The maximum atomic E-state index is 12.4. The Kier molecular flexibility index (Phi) is 5.81. The number of aromatic nitrogens is 2. The van der Waals surface area contributed by atoms with Gasteiger partial charge in [-0.1, -0.05) is 49.3 Å². The quantitative estimate of drug-likeness (QED) is 0.422. The van der Waals surface area contributed by atoms with Gasteiger partial charge in [0.1, 0.15) is 15.6 Å². The Hall–Kier alpha value is -3.19. The van der Waals surface area contributed by atoms with Gasteiger partial charge in [-0.3, -0.25) is 4.79 Å². The molecule has 2 N–H and O–H groups in total. The number of hydrogen-bond acceptors (Lipinski definition) is 6. The van der Waals surface area contributed by atoms with Crippen molar-refractivity contribution in [1.29, 1.82) is 0 Å². The Morgan fingerprint density at radius 1 is 1.13 bits per heavy atom. The van der Waals surface area contributed by atoms with Crippen LogP contribution in [0, 0.1) is 5.92 Å². The molecule has 0 aliphatic rings. The van der Waals surface area contributed by atoms with Crippen LogP contribution in [0.15, 0.2) is 59.3 Å². The number of thiazole rings is 1. The minimum Gasteiger partial charge on any atom is -0.381 e. The second-order valence-electron chi connectivity index (χ2n) is 7.62. The van der Waals surface area contributed by atoms with Crippen LogP contribution in [0.5, 0.6) is 0 Å². The molecule has 0 spiro atoms. The summed E-state index contributed by atoms with van der Waals surface area (Å²) < 4.78 is 5.54. The molecule has 1 amide bonds. The molecule has 2 aromatic carbocycles. The summed E-state index contributed by atoms with van der Waals surface area (Å²) in [4.78, 5) is 17.4. The van der Waals surface area contributed by atoms with Crippen molar-refractivity contribution in [2.24, 2.45) is 5.92 Å². The van der Waals surface area contributed by atoms with E-state index in [9.17, 15) is 4.79 Å². The van der Waals surface area contributed by atoms with Crippen LogP contribution < -0.4 is 10.6 Å². The number of amides is 1. The molecule has 2 aromatic heterocycles. The maximum Gasteiger partial charge on any atom is 0.263 e. The third-order valence-corrected chi connectivity index (χ3v) is 6.11. The lowest BCUT2D eigenvalue weighted by Crippen LogP contribution is -2.35. The smallest absolute Gasteiger partial charge is 0.263 e. The Morgan fingerprint density at radius 3 is 2.70 bits per heavy atom. The van der Waals surface area contributed by atoms with Gasteiger partial charge in [0, 0.05) is 24.3 Å². The fourth-order valence-electron chi connectivity index (χ4n) is 2.93. The number of rotatable bonds is 7. The van der Waals surface area contributed by atoms with Crippen LogP contribution in [0.3, 0.4) is 0 Å². The van der Waals surface area contributed by atoms with Crippen LogP contribution in [0.4, 0.5) is 5.69 Å². The second kappa shape index (κ2) is 8.67. The van der Waals surface area contributed by atoms with Gasteiger partial charge in [-0.2, -0.15) is 0 Å². The number of nitrogens with one attached hydrogen (secondary N) is 2. The number of carbonyl (C=O) groups excluding carboxylic acids is 1. The zero-order chi connectivity index (χ0) is 21.1. The van der Waals surface area contributed by atoms with Crippen LogP contribution in [0.1, 0.15) is 36.0 Å². The zero-order valence-electron chi connectivity index (χ0n) is 17.2. The summed E-state index contributed by atoms with van der Waals surface area (Å²) in [5.74, 6) is 0.255. The summed E-state index contributed by atoms with van der Waals surface area (Å²) in [5, 5.41) is 12.1. The van der Waals surface area contributed by atoms with Crippen LogP contribution in [-0.4, -0.2) is 22.1 Å². The molecule has 1 unspecified atom stereocenters. The summed E-state index contributed by atoms with van der Waals surface area (Å²) >= 11 is 1.32. The molecule has 0 saturated heterocycles. The maximum absolute atomic E-state index is 12.4. The van der Waals surface area contributed by atoms with Crippen molar-refractivity contribution in [2.75, 3.05) is 5.32 Å². The van der Waals surface area contributed by atoms with Crippen molar-refractivity contribution < 1.29 is 9.32 Å². The molecule has 0 radical (unpaired) electrons. The van der Waals surface area contributed by atoms with Gasteiger partial charge in [0.15, 0.2) is 5.58 Å². The molecule has 0 saturated carbocycles. The van der Waals surface area contributed by atoms with Gasteiger partial charge in [-0.25, -0.2) is 4.98 Å². The standard InChI is InChI=1S/C23H24N4O2S/c1-14(2)15(3)26-22(28)20-13-25-23(30-20)21-18-10-9-17(11-19(18)29-27-21)24-12-16-7-5-4-6-8-16/h4-11,13-15,24H,12H2,1-3H3,(H,26,28). The molecule has 0 bridgehead atoms. The Labute approximate surface area is 179 Å². The number of hydrogen-bond donors (Lipinski definition) is 2. The average Bonchev–Trinajstić information content (AvgIpc) is 3.39. The molecule has 30 heavy (non-hydrogen) atoms. The van der Waals surface area contributed by atoms with Gasteiger partial charge in [0.2, 0.25) is 0 Å². The van der Waals surface area contributed by atoms with Gasteiger partial charge in [-0.05, 0) is 30.5 Å². The van der Waals surface area contributed by atoms with E-state index in [4.69, 9.17) is 4.52 Å². The number of fused-ring (bicyclic) bond motifs is 1. The highest BCUT2D eigenvalue weighted by molar-refractivity contribution is 7.17. The molecule has 4 aromatic rings. The van der Waals surface area contributed by atoms with Gasteiger partial charge in [0.05, 0.1) is 11.6 Å². The number of benzene rings is 2. The highest BCUT2D eigenvalue weighted by Crippen LogP contribution is 2.32. The molecule has 2 heterocycles. The van der Waals surface area contributed by atoms with E-state index in [0.29, 0.717) is 27.1 Å². The van der Waals surface area contributed by atoms with Crippen molar-refractivity contribution in [1.82, 2.24) is 15.5 Å². The van der Waals surface area contributed by atoms with Crippen molar-refractivity contribution in [3.05, 3.63) is 65.2 Å². The summed E-state index contributed by atoms with van der Waals surface area (Å²) in [6, 6.07) is 16.2. The minimum absolute atomic E-state index is 0.0951. The Morgan fingerprint density at radius 2 is 1.93 bits per heavy atom. The number of anilines is 1. The average molecular weight is 421 g/mol. The van der Waals surface area contributed by atoms with Gasteiger partial charge in [-0.15, -0.1) is 11.3 Å².